The van der Waals surface area contributed by atoms with Crippen LogP contribution in [0.1, 0.15) is 11.1 Å². The molecule has 1 aliphatic rings. The van der Waals surface area contributed by atoms with E-state index in [0.717, 1.165) is 5.56 Å². The number of rotatable bonds is 6. The maximum atomic E-state index is 12.5. The lowest BCUT2D eigenvalue weighted by atomic mass is 10.2. The minimum absolute atomic E-state index is 0.132. The highest BCUT2D eigenvalue weighted by Gasteiger charge is 2.27. The molecule has 0 radical (unpaired) electrons. The van der Waals surface area contributed by atoms with E-state index < -0.39 is 10.0 Å². The van der Waals surface area contributed by atoms with Gasteiger partial charge in [0.15, 0.2) is 6.61 Å². The fraction of sp³-hybridized carbons (Fsp3) is 0.238. The zero-order chi connectivity index (χ0) is 20.7. The Balaban J connectivity index is 1.49. The fourth-order valence-corrected chi connectivity index (χ4v) is 4.04. The van der Waals surface area contributed by atoms with E-state index in [1.165, 1.54) is 9.71 Å². The lowest BCUT2D eigenvalue weighted by Crippen LogP contribution is -2.51. The summed E-state index contributed by atoms with van der Waals surface area (Å²) in [6, 6.07) is 17.7. The number of carbonyl (C=O) groups excluding carboxylic acids is 1. The number of carbonyl (C=O) groups is 1. The van der Waals surface area contributed by atoms with Crippen LogP contribution >= 0.6 is 0 Å². The van der Waals surface area contributed by atoms with Gasteiger partial charge in [0, 0.05) is 31.6 Å². The molecule has 0 aromatic heterocycles. The van der Waals surface area contributed by atoms with Crippen molar-refractivity contribution >= 4 is 22.0 Å². The molecule has 8 heteroatoms. The van der Waals surface area contributed by atoms with Crippen molar-refractivity contribution in [2.45, 2.75) is 0 Å². The van der Waals surface area contributed by atoms with Crippen molar-refractivity contribution in [3.8, 4) is 11.8 Å². The second-order valence-electron chi connectivity index (χ2n) is 6.46. The van der Waals surface area contributed by atoms with Gasteiger partial charge in [-0.3, -0.25) is 4.79 Å². The molecule has 7 nitrogen and oxygen atoms in total. The van der Waals surface area contributed by atoms with Gasteiger partial charge < -0.3 is 9.64 Å². The number of piperazine rings is 1. The number of ether oxygens (including phenoxy) is 1. The molecule has 0 spiro atoms. The van der Waals surface area contributed by atoms with Crippen LogP contribution in [-0.2, 0) is 14.8 Å². The second kappa shape index (κ2) is 9.37. The van der Waals surface area contributed by atoms with E-state index in [4.69, 9.17) is 10.00 Å². The zero-order valence-corrected chi connectivity index (χ0v) is 16.6. The summed E-state index contributed by atoms with van der Waals surface area (Å²) in [4.78, 5) is 13.9. The fourth-order valence-electron chi connectivity index (χ4n) is 2.87. The molecular formula is C21H21N3O4S. The first-order chi connectivity index (χ1) is 14.0. The molecule has 29 heavy (non-hydrogen) atoms. The zero-order valence-electron chi connectivity index (χ0n) is 15.8. The maximum absolute atomic E-state index is 12.5. The molecule has 1 amide bonds. The van der Waals surface area contributed by atoms with Gasteiger partial charge in [-0.05, 0) is 35.9 Å². The Morgan fingerprint density at radius 1 is 1.03 bits per heavy atom. The number of nitrogens with zero attached hydrogens (tertiary/aromatic N) is 3. The van der Waals surface area contributed by atoms with Crippen LogP contribution in [0.15, 0.2) is 60.0 Å². The number of nitriles is 1. The third kappa shape index (κ3) is 5.67. The van der Waals surface area contributed by atoms with Crippen molar-refractivity contribution < 1.29 is 17.9 Å². The molecule has 0 unspecified atom stereocenters. The summed E-state index contributed by atoms with van der Waals surface area (Å²) in [5.41, 5.74) is 1.33. The molecule has 0 aliphatic carbocycles. The van der Waals surface area contributed by atoms with E-state index in [1.54, 1.807) is 35.2 Å². The molecule has 150 valence electrons. The van der Waals surface area contributed by atoms with Crippen molar-refractivity contribution in [1.29, 1.82) is 5.26 Å². The maximum Gasteiger partial charge on any atom is 0.260 e. The molecule has 1 heterocycles. The Hall–Kier alpha value is -3.15. The van der Waals surface area contributed by atoms with E-state index >= 15 is 0 Å². The van der Waals surface area contributed by atoms with E-state index in [1.807, 2.05) is 36.4 Å². The summed E-state index contributed by atoms with van der Waals surface area (Å²) in [6.07, 6.45) is 1.57. The minimum atomic E-state index is -3.54. The molecule has 2 aromatic rings. The van der Waals surface area contributed by atoms with Crippen molar-refractivity contribution in [2.75, 3.05) is 32.8 Å². The average Bonchev–Trinajstić information content (AvgIpc) is 2.77. The molecule has 1 saturated heterocycles. The number of amides is 1. The largest absolute Gasteiger partial charge is 0.484 e. The van der Waals surface area contributed by atoms with Gasteiger partial charge in [-0.15, -0.1) is 0 Å². The summed E-state index contributed by atoms with van der Waals surface area (Å²) in [5.74, 6) is 0.302. The number of hydrogen-bond donors (Lipinski definition) is 0. The van der Waals surface area contributed by atoms with Crippen LogP contribution < -0.4 is 4.74 Å². The van der Waals surface area contributed by atoms with Gasteiger partial charge in [-0.2, -0.15) is 9.57 Å². The molecule has 2 aromatic carbocycles. The van der Waals surface area contributed by atoms with Gasteiger partial charge >= 0.3 is 0 Å². The first-order valence-electron chi connectivity index (χ1n) is 9.12. The first-order valence-corrected chi connectivity index (χ1v) is 10.6. The van der Waals surface area contributed by atoms with E-state index in [-0.39, 0.29) is 25.6 Å². The third-order valence-corrected chi connectivity index (χ3v) is 6.09. The van der Waals surface area contributed by atoms with Crippen LogP contribution in [0.5, 0.6) is 5.75 Å². The molecule has 0 atom stereocenters. The van der Waals surface area contributed by atoms with Crippen molar-refractivity contribution in [3.05, 3.63) is 71.1 Å². The minimum Gasteiger partial charge on any atom is -0.484 e. The van der Waals surface area contributed by atoms with Gasteiger partial charge in [0.05, 0.1) is 11.6 Å². The van der Waals surface area contributed by atoms with E-state index in [9.17, 15) is 13.2 Å². The molecule has 3 rings (SSSR count). The van der Waals surface area contributed by atoms with Crippen molar-refractivity contribution in [1.82, 2.24) is 9.21 Å². The van der Waals surface area contributed by atoms with Gasteiger partial charge in [0.25, 0.3) is 5.91 Å². The highest BCUT2D eigenvalue weighted by molar-refractivity contribution is 7.92. The molecule has 1 fully saturated rings. The summed E-state index contributed by atoms with van der Waals surface area (Å²) >= 11 is 0. The molecule has 0 saturated carbocycles. The van der Waals surface area contributed by atoms with Crippen LogP contribution in [-0.4, -0.2) is 56.3 Å². The van der Waals surface area contributed by atoms with Gasteiger partial charge in [0.2, 0.25) is 10.0 Å². The quantitative estimate of drug-likeness (QED) is 0.726. The standard InChI is InChI=1S/C21H21N3O4S/c22-16-19-6-8-20(9-7-19)28-17-21(25)23-11-13-24(14-12-23)29(26,27)15-10-18-4-2-1-3-5-18/h1-10,15H,11-14,17H2. The smallest absolute Gasteiger partial charge is 0.260 e. The predicted octanol–water partition coefficient (Wildman–Crippen LogP) is 2.08. The Kier molecular flexibility index (Phi) is 6.65. The lowest BCUT2D eigenvalue weighted by Gasteiger charge is -2.33. The summed E-state index contributed by atoms with van der Waals surface area (Å²) < 4.78 is 31.8. The van der Waals surface area contributed by atoms with Crippen LogP contribution in [0.2, 0.25) is 0 Å². The van der Waals surface area contributed by atoms with Crippen LogP contribution in [0.3, 0.4) is 0 Å². The topological polar surface area (TPSA) is 90.7 Å². The first kappa shape index (κ1) is 20.6. The number of benzene rings is 2. The number of hydrogen-bond acceptors (Lipinski definition) is 5. The second-order valence-corrected chi connectivity index (χ2v) is 8.28. The SMILES string of the molecule is N#Cc1ccc(OCC(=O)N2CCN(S(=O)(=O)C=Cc3ccccc3)CC2)cc1. The van der Waals surface area contributed by atoms with Crippen molar-refractivity contribution in [3.63, 3.8) is 0 Å². The summed E-state index contributed by atoms with van der Waals surface area (Å²) in [5, 5.41) is 9.99. The van der Waals surface area contributed by atoms with E-state index in [2.05, 4.69) is 0 Å². The highest BCUT2D eigenvalue weighted by atomic mass is 32.2. The summed E-state index contributed by atoms with van der Waals surface area (Å²) in [6.45, 7) is 0.975. The van der Waals surface area contributed by atoms with E-state index in [0.29, 0.717) is 24.4 Å². The average molecular weight is 411 g/mol. The predicted molar refractivity (Wildman–Crippen MR) is 109 cm³/mol. The van der Waals surface area contributed by atoms with Crippen molar-refractivity contribution in [2.24, 2.45) is 0 Å². The Labute approximate surface area is 170 Å². The monoisotopic (exact) mass is 411 g/mol. The van der Waals surface area contributed by atoms with Gasteiger partial charge in [-0.1, -0.05) is 30.3 Å². The molecule has 0 N–H and O–H groups in total. The molecular weight excluding hydrogens is 390 g/mol. The number of sulfonamides is 1. The Bertz CT molecular complexity index is 1000. The highest BCUT2D eigenvalue weighted by Crippen LogP contribution is 2.14. The molecule has 0 bridgehead atoms. The van der Waals surface area contributed by atoms with Crippen LogP contribution in [0.4, 0.5) is 0 Å². The van der Waals surface area contributed by atoms with Gasteiger partial charge in [-0.25, -0.2) is 8.42 Å². The third-order valence-electron chi connectivity index (χ3n) is 4.53. The summed E-state index contributed by atoms with van der Waals surface area (Å²) in [7, 11) is -3.54. The van der Waals surface area contributed by atoms with Gasteiger partial charge in [0.1, 0.15) is 5.75 Å². The molecule has 1 aliphatic heterocycles. The van der Waals surface area contributed by atoms with Crippen LogP contribution in [0.25, 0.3) is 6.08 Å². The Morgan fingerprint density at radius 2 is 1.69 bits per heavy atom. The van der Waals surface area contributed by atoms with Crippen LogP contribution in [0, 0.1) is 11.3 Å². The normalized spacial score (nSPS) is 15.2. The Morgan fingerprint density at radius 3 is 2.31 bits per heavy atom. The lowest BCUT2D eigenvalue weighted by molar-refractivity contribution is -0.134.